The summed E-state index contributed by atoms with van der Waals surface area (Å²) in [7, 11) is 6.39. The van der Waals surface area contributed by atoms with Gasteiger partial charge in [-0.15, -0.1) is 0 Å². The van der Waals surface area contributed by atoms with Crippen LogP contribution in [0.25, 0.3) is 5.57 Å². The molecular weight excluding hydrogens is 330 g/mol. The van der Waals surface area contributed by atoms with Crippen molar-refractivity contribution in [2.45, 2.75) is 20.8 Å². The van der Waals surface area contributed by atoms with E-state index in [4.69, 9.17) is 24.7 Å². The van der Waals surface area contributed by atoms with Crippen LogP contribution in [0.2, 0.25) is 0 Å². The van der Waals surface area contributed by atoms with Gasteiger partial charge in [0.1, 0.15) is 5.75 Å². The first-order valence-corrected chi connectivity index (χ1v) is 8.50. The predicted molar refractivity (Wildman–Crippen MR) is 108 cm³/mol. The van der Waals surface area contributed by atoms with Crippen molar-refractivity contribution in [1.82, 2.24) is 0 Å². The van der Waals surface area contributed by atoms with E-state index in [1.807, 2.05) is 57.2 Å². The van der Waals surface area contributed by atoms with E-state index in [9.17, 15) is 0 Å². The summed E-state index contributed by atoms with van der Waals surface area (Å²) in [5, 5.41) is 0. The van der Waals surface area contributed by atoms with Crippen molar-refractivity contribution in [2.24, 2.45) is 0 Å². The number of hydrogen-bond acceptors (Lipinski definition) is 5. The molecule has 0 aliphatic rings. The summed E-state index contributed by atoms with van der Waals surface area (Å²) < 4.78 is 21.6. The second-order valence-electron chi connectivity index (χ2n) is 5.07. The van der Waals surface area contributed by atoms with Gasteiger partial charge in [0.2, 0.25) is 5.75 Å². The zero-order valence-corrected chi connectivity index (χ0v) is 16.7. The normalized spacial score (nSPS) is 10.5. The molecule has 142 valence electrons. The van der Waals surface area contributed by atoms with Gasteiger partial charge in [0.05, 0.1) is 34.1 Å². The monoisotopic (exact) mass is 359 g/mol. The third-order valence-electron chi connectivity index (χ3n) is 3.81. The van der Waals surface area contributed by atoms with Gasteiger partial charge < -0.3 is 24.7 Å². The number of allylic oxidation sites excluding steroid dienone is 1. The molecular formula is C21H29NO4. The second kappa shape index (κ2) is 10.2. The third-order valence-corrected chi connectivity index (χ3v) is 3.81. The molecule has 2 aromatic carbocycles. The van der Waals surface area contributed by atoms with Crippen molar-refractivity contribution in [3.05, 3.63) is 47.5 Å². The Balaban J connectivity index is 0.00000163. The smallest absolute Gasteiger partial charge is 0.203 e. The molecule has 0 spiro atoms. The first-order chi connectivity index (χ1) is 12.6. The van der Waals surface area contributed by atoms with E-state index in [0.29, 0.717) is 28.7 Å². The summed E-state index contributed by atoms with van der Waals surface area (Å²) in [6, 6.07) is 9.53. The minimum absolute atomic E-state index is 0.564. The van der Waals surface area contributed by atoms with Crippen LogP contribution >= 0.6 is 0 Å². The van der Waals surface area contributed by atoms with E-state index in [0.717, 1.165) is 16.7 Å². The van der Waals surface area contributed by atoms with Gasteiger partial charge in [-0.3, -0.25) is 0 Å². The quantitative estimate of drug-likeness (QED) is 0.752. The number of hydrogen-bond donors (Lipinski definition) is 1. The van der Waals surface area contributed by atoms with Crippen molar-refractivity contribution >= 4 is 11.3 Å². The highest BCUT2D eigenvalue weighted by Crippen LogP contribution is 2.41. The third kappa shape index (κ3) is 4.42. The van der Waals surface area contributed by atoms with E-state index >= 15 is 0 Å². The van der Waals surface area contributed by atoms with E-state index in [-0.39, 0.29) is 0 Å². The van der Waals surface area contributed by atoms with Crippen molar-refractivity contribution in [3.8, 4) is 23.0 Å². The van der Waals surface area contributed by atoms with Crippen molar-refractivity contribution in [1.29, 1.82) is 0 Å². The molecule has 2 rings (SSSR count). The fraction of sp³-hybridized carbons (Fsp3) is 0.333. The lowest BCUT2D eigenvalue weighted by molar-refractivity contribution is 0.324. The molecule has 0 aromatic heterocycles. The largest absolute Gasteiger partial charge is 0.495 e. The molecule has 0 amide bonds. The molecule has 0 aliphatic carbocycles. The summed E-state index contributed by atoms with van der Waals surface area (Å²) in [5.74, 6) is 2.41. The summed E-state index contributed by atoms with van der Waals surface area (Å²) in [6.07, 6.45) is 2.02. The zero-order valence-electron chi connectivity index (χ0n) is 16.7. The van der Waals surface area contributed by atoms with Crippen LogP contribution in [0.5, 0.6) is 23.0 Å². The van der Waals surface area contributed by atoms with Gasteiger partial charge in [-0.1, -0.05) is 26.0 Å². The highest BCUT2D eigenvalue weighted by atomic mass is 16.5. The Morgan fingerprint density at radius 1 is 0.769 bits per heavy atom. The Hall–Kier alpha value is -2.82. The fourth-order valence-corrected chi connectivity index (χ4v) is 2.62. The molecule has 0 unspecified atom stereocenters. The molecule has 2 N–H and O–H groups in total. The van der Waals surface area contributed by atoms with Gasteiger partial charge in [0.15, 0.2) is 11.5 Å². The molecule has 0 saturated heterocycles. The summed E-state index contributed by atoms with van der Waals surface area (Å²) >= 11 is 0. The summed E-state index contributed by atoms with van der Waals surface area (Å²) in [5.41, 5.74) is 9.44. The zero-order chi connectivity index (χ0) is 19.7. The topological polar surface area (TPSA) is 62.9 Å². The Morgan fingerprint density at radius 3 is 1.69 bits per heavy atom. The number of benzene rings is 2. The second-order valence-corrected chi connectivity index (χ2v) is 5.07. The number of ether oxygens (including phenoxy) is 4. The molecule has 5 nitrogen and oxygen atoms in total. The average Bonchev–Trinajstić information content (AvgIpc) is 2.70. The van der Waals surface area contributed by atoms with Crippen LogP contribution in [0.1, 0.15) is 31.9 Å². The number of anilines is 1. The molecule has 0 saturated carbocycles. The maximum absolute atomic E-state index is 5.91. The van der Waals surface area contributed by atoms with Crippen molar-refractivity contribution in [2.75, 3.05) is 34.2 Å². The molecule has 0 aliphatic heterocycles. The SMILES string of the molecule is C/C=C(\c1ccc(N)c(OC)c1)c1cc(OC)c(OC)c(OC)c1.CC. The van der Waals surface area contributed by atoms with Gasteiger partial charge in [0, 0.05) is 0 Å². The van der Waals surface area contributed by atoms with Crippen LogP contribution in [-0.2, 0) is 0 Å². The van der Waals surface area contributed by atoms with E-state index in [2.05, 4.69) is 0 Å². The summed E-state index contributed by atoms with van der Waals surface area (Å²) in [6.45, 7) is 5.97. The lowest BCUT2D eigenvalue weighted by atomic mass is 9.96. The van der Waals surface area contributed by atoms with Crippen LogP contribution in [0.3, 0.4) is 0 Å². The Labute approximate surface area is 156 Å². The molecule has 26 heavy (non-hydrogen) atoms. The van der Waals surface area contributed by atoms with E-state index in [1.54, 1.807) is 28.4 Å². The van der Waals surface area contributed by atoms with Crippen LogP contribution in [0.4, 0.5) is 5.69 Å². The van der Waals surface area contributed by atoms with Crippen LogP contribution in [0, 0.1) is 0 Å². The Morgan fingerprint density at radius 2 is 1.27 bits per heavy atom. The van der Waals surface area contributed by atoms with E-state index in [1.165, 1.54) is 0 Å². The molecule has 0 atom stereocenters. The molecule has 0 fully saturated rings. The molecule has 2 aromatic rings. The highest BCUT2D eigenvalue weighted by molar-refractivity contribution is 5.83. The van der Waals surface area contributed by atoms with Gasteiger partial charge in [-0.25, -0.2) is 0 Å². The first-order valence-electron chi connectivity index (χ1n) is 8.50. The van der Waals surface area contributed by atoms with Gasteiger partial charge in [-0.05, 0) is 47.9 Å². The van der Waals surface area contributed by atoms with Crippen LogP contribution < -0.4 is 24.7 Å². The Kier molecular flexibility index (Phi) is 8.35. The molecule has 0 radical (unpaired) electrons. The first kappa shape index (κ1) is 21.2. The highest BCUT2D eigenvalue weighted by Gasteiger charge is 2.16. The maximum atomic E-state index is 5.91. The molecule has 0 bridgehead atoms. The van der Waals surface area contributed by atoms with E-state index < -0.39 is 0 Å². The van der Waals surface area contributed by atoms with Crippen LogP contribution in [-0.4, -0.2) is 28.4 Å². The Bertz CT molecular complexity index is 729. The summed E-state index contributed by atoms with van der Waals surface area (Å²) in [4.78, 5) is 0. The maximum Gasteiger partial charge on any atom is 0.203 e. The lowest BCUT2D eigenvalue weighted by Crippen LogP contribution is -1.98. The van der Waals surface area contributed by atoms with Crippen LogP contribution in [0.15, 0.2) is 36.4 Å². The molecule has 5 heteroatoms. The average molecular weight is 359 g/mol. The number of nitrogen functional groups attached to an aromatic ring is 1. The lowest BCUT2D eigenvalue weighted by Gasteiger charge is -2.16. The number of rotatable bonds is 6. The van der Waals surface area contributed by atoms with Gasteiger partial charge >= 0.3 is 0 Å². The van der Waals surface area contributed by atoms with Gasteiger partial charge in [-0.2, -0.15) is 0 Å². The standard InChI is InChI=1S/C19H23NO4.C2H6/c1-6-14(12-7-8-15(20)16(9-12)21-2)13-10-17(22-3)19(24-5)18(11-13)23-4;1-2/h6-11H,20H2,1-5H3;1-2H3/b14-6+;. The molecule has 0 heterocycles. The fourth-order valence-electron chi connectivity index (χ4n) is 2.62. The van der Waals surface area contributed by atoms with Gasteiger partial charge in [0.25, 0.3) is 0 Å². The minimum Gasteiger partial charge on any atom is -0.495 e. The number of nitrogens with two attached hydrogens (primary N) is 1. The predicted octanol–water partition coefficient (Wildman–Crippen LogP) is 4.78. The number of methoxy groups -OCH3 is 4. The van der Waals surface area contributed by atoms with Crippen molar-refractivity contribution in [3.63, 3.8) is 0 Å². The van der Waals surface area contributed by atoms with Crippen molar-refractivity contribution < 1.29 is 18.9 Å². The minimum atomic E-state index is 0.564.